The summed E-state index contributed by atoms with van der Waals surface area (Å²) < 4.78 is 11.7. The van der Waals surface area contributed by atoms with Crippen molar-refractivity contribution in [2.45, 2.75) is 26.4 Å². The lowest BCUT2D eigenvalue weighted by Gasteiger charge is -2.26. The standard InChI is InChI=1S/C18H23NO2/c1-14-5-7-15(8-6-14)20-16-9-11-17(12-10-16)21-18(2,3)13-19-4/h5-12,19H,13H2,1-4H3. The van der Waals surface area contributed by atoms with Gasteiger partial charge >= 0.3 is 0 Å². The van der Waals surface area contributed by atoms with Gasteiger partial charge in [0.05, 0.1) is 0 Å². The zero-order chi connectivity index (χ0) is 15.3. The molecule has 1 N–H and O–H groups in total. The molecule has 0 radical (unpaired) electrons. The third-order valence-electron chi connectivity index (χ3n) is 3.08. The molecule has 0 aliphatic carbocycles. The first-order chi connectivity index (χ1) is 9.98. The van der Waals surface area contributed by atoms with E-state index in [2.05, 4.69) is 26.1 Å². The molecule has 0 heterocycles. The van der Waals surface area contributed by atoms with E-state index < -0.39 is 0 Å². The highest BCUT2D eigenvalue weighted by atomic mass is 16.5. The Bertz CT molecular complexity index is 559. The highest BCUT2D eigenvalue weighted by molar-refractivity contribution is 5.36. The Morgan fingerprint density at radius 1 is 0.857 bits per heavy atom. The summed E-state index contributed by atoms with van der Waals surface area (Å²) in [5.74, 6) is 2.48. The zero-order valence-electron chi connectivity index (χ0n) is 13.1. The maximum Gasteiger partial charge on any atom is 0.127 e. The lowest BCUT2D eigenvalue weighted by Crippen LogP contribution is -2.38. The van der Waals surface area contributed by atoms with Crippen LogP contribution in [0.3, 0.4) is 0 Å². The van der Waals surface area contributed by atoms with E-state index >= 15 is 0 Å². The molecule has 0 aliphatic rings. The van der Waals surface area contributed by atoms with E-state index in [-0.39, 0.29) is 5.60 Å². The molecule has 112 valence electrons. The van der Waals surface area contributed by atoms with Crippen LogP contribution in [0.4, 0.5) is 0 Å². The quantitative estimate of drug-likeness (QED) is 0.864. The first-order valence-corrected chi connectivity index (χ1v) is 7.17. The Morgan fingerprint density at radius 3 is 1.86 bits per heavy atom. The van der Waals surface area contributed by atoms with E-state index in [0.717, 1.165) is 23.8 Å². The van der Waals surface area contributed by atoms with Crippen molar-refractivity contribution in [3.05, 3.63) is 54.1 Å². The van der Waals surface area contributed by atoms with Crippen molar-refractivity contribution in [2.24, 2.45) is 0 Å². The molecule has 2 aromatic carbocycles. The third kappa shape index (κ3) is 4.80. The Morgan fingerprint density at radius 2 is 1.33 bits per heavy atom. The molecule has 0 spiro atoms. The summed E-state index contributed by atoms with van der Waals surface area (Å²) in [6.07, 6.45) is 0. The fourth-order valence-electron chi connectivity index (χ4n) is 2.10. The number of likely N-dealkylation sites (N-methyl/N-ethyl adjacent to an activating group) is 1. The topological polar surface area (TPSA) is 30.5 Å². The van der Waals surface area contributed by atoms with Crippen molar-refractivity contribution in [3.8, 4) is 17.2 Å². The van der Waals surface area contributed by atoms with Crippen molar-refractivity contribution in [2.75, 3.05) is 13.6 Å². The van der Waals surface area contributed by atoms with Crippen LogP contribution in [-0.4, -0.2) is 19.2 Å². The van der Waals surface area contributed by atoms with E-state index in [9.17, 15) is 0 Å². The number of rotatable bonds is 6. The van der Waals surface area contributed by atoms with Gasteiger partial charge in [-0.3, -0.25) is 0 Å². The number of aryl methyl sites for hydroxylation is 1. The average molecular weight is 285 g/mol. The van der Waals surface area contributed by atoms with Gasteiger partial charge in [0.15, 0.2) is 0 Å². The second kappa shape index (κ2) is 6.64. The molecule has 2 rings (SSSR count). The predicted molar refractivity (Wildman–Crippen MR) is 86.3 cm³/mol. The van der Waals surface area contributed by atoms with Crippen molar-refractivity contribution in [1.82, 2.24) is 5.32 Å². The molecule has 0 aromatic heterocycles. The highest BCUT2D eigenvalue weighted by Crippen LogP contribution is 2.25. The van der Waals surface area contributed by atoms with Gasteiger partial charge < -0.3 is 14.8 Å². The van der Waals surface area contributed by atoms with Gasteiger partial charge in [-0.1, -0.05) is 17.7 Å². The minimum atomic E-state index is -0.242. The van der Waals surface area contributed by atoms with E-state index in [1.807, 2.05) is 55.6 Å². The summed E-state index contributed by atoms with van der Waals surface area (Å²) in [6.45, 7) is 6.96. The maximum atomic E-state index is 5.95. The number of hydrogen-bond acceptors (Lipinski definition) is 3. The molecule has 3 nitrogen and oxygen atoms in total. The smallest absolute Gasteiger partial charge is 0.127 e. The van der Waals surface area contributed by atoms with Gasteiger partial charge in [0.25, 0.3) is 0 Å². The summed E-state index contributed by atoms with van der Waals surface area (Å²) in [6, 6.07) is 15.7. The first-order valence-electron chi connectivity index (χ1n) is 7.17. The van der Waals surface area contributed by atoms with Gasteiger partial charge in [-0.2, -0.15) is 0 Å². The second-order valence-corrected chi connectivity index (χ2v) is 5.78. The Kier molecular flexibility index (Phi) is 4.86. The van der Waals surface area contributed by atoms with Crippen molar-refractivity contribution >= 4 is 0 Å². The fourth-order valence-corrected chi connectivity index (χ4v) is 2.10. The van der Waals surface area contributed by atoms with Crippen LogP contribution in [0.25, 0.3) is 0 Å². The van der Waals surface area contributed by atoms with Crippen molar-refractivity contribution in [3.63, 3.8) is 0 Å². The summed E-state index contributed by atoms with van der Waals surface area (Å²) in [5.41, 5.74) is 0.978. The summed E-state index contributed by atoms with van der Waals surface area (Å²) in [7, 11) is 1.92. The lowest BCUT2D eigenvalue weighted by atomic mass is 10.1. The van der Waals surface area contributed by atoms with Gasteiger partial charge in [0.2, 0.25) is 0 Å². The molecule has 0 unspecified atom stereocenters. The van der Waals surface area contributed by atoms with E-state index in [1.165, 1.54) is 5.56 Å². The lowest BCUT2D eigenvalue weighted by molar-refractivity contribution is 0.110. The van der Waals surface area contributed by atoms with Gasteiger partial charge in [0.1, 0.15) is 22.8 Å². The van der Waals surface area contributed by atoms with Gasteiger partial charge in [-0.25, -0.2) is 0 Å². The molecule has 2 aromatic rings. The highest BCUT2D eigenvalue weighted by Gasteiger charge is 2.18. The van der Waals surface area contributed by atoms with Gasteiger partial charge in [-0.15, -0.1) is 0 Å². The Balaban J connectivity index is 2.00. The predicted octanol–water partition coefficient (Wildman–Crippen LogP) is 4.16. The van der Waals surface area contributed by atoms with Gasteiger partial charge in [0, 0.05) is 6.54 Å². The van der Waals surface area contributed by atoms with E-state index in [1.54, 1.807) is 0 Å². The van der Waals surface area contributed by atoms with Crippen LogP contribution < -0.4 is 14.8 Å². The number of hydrogen-bond donors (Lipinski definition) is 1. The molecular formula is C18H23NO2. The van der Waals surface area contributed by atoms with Crippen LogP contribution in [0.1, 0.15) is 19.4 Å². The zero-order valence-corrected chi connectivity index (χ0v) is 13.1. The SMILES string of the molecule is CNCC(C)(C)Oc1ccc(Oc2ccc(C)cc2)cc1. The minimum absolute atomic E-state index is 0.242. The summed E-state index contributed by atoms with van der Waals surface area (Å²) >= 11 is 0. The largest absolute Gasteiger partial charge is 0.487 e. The normalized spacial score (nSPS) is 11.2. The number of ether oxygens (including phenoxy) is 2. The van der Waals surface area contributed by atoms with E-state index in [4.69, 9.17) is 9.47 Å². The van der Waals surface area contributed by atoms with Crippen LogP contribution in [0.5, 0.6) is 17.2 Å². The van der Waals surface area contributed by atoms with Crippen LogP contribution in [0.15, 0.2) is 48.5 Å². The molecule has 0 saturated heterocycles. The molecule has 21 heavy (non-hydrogen) atoms. The van der Waals surface area contributed by atoms with Crippen molar-refractivity contribution in [1.29, 1.82) is 0 Å². The van der Waals surface area contributed by atoms with Crippen molar-refractivity contribution < 1.29 is 9.47 Å². The molecule has 0 fully saturated rings. The molecule has 0 saturated carbocycles. The molecule has 0 aliphatic heterocycles. The number of benzene rings is 2. The number of nitrogens with one attached hydrogen (secondary N) is 1. The first kappa shape index (κ1) is 15.4. The van der Waals surface area contributed by atoms with Crippen LogP contribution in [0.2, 0.25) is 0 Å². The Hall–Kier alpha value is -2.00. The average Bonchev–Trinajstić information content (AvgIpc) is 2.43. The summed E-state index contributed by atoms with van der Waals surface area (Å²) in [5, 5.41) is 3.13. The van der Waals surface area contributed by atoms with Gasteiger partial charge in [-0.05, 0) is 64.2 Å². The molecular weight excluding hydrogens is 262 g/mol. The minimum Gasteiger partial charge on any atom is -0.487 e. The summed E-state index contributed by atoms with van der Waals surface area (Å²) in [4.78, 5) is 0. The van der Waals surface area contributed by atoms with E-state index in [0.29, 0.717) is 0 Å². The second-order valence-electron chi connectivity index (χ2n) is 5.78. The monoisotopic (exact) mass is 285 g/mol. The maximum absolute atomic E-state index is 5.95. The molecule has 0 amide bonds. The molecule has 0 atom stereocenters. The molecule has 0 bridgehead atoms. The third-order valence-corrected chi connectivity index (χ3v) is 3.08. The fraction of sp³-hybridized carbons (Fsp3) is 0.333. The van der Waals surface area contributed by atoms with Crippen LogP contribution in [-0.2, 0) is 0 Å². The van der Waals surface area contributed by atoms with Crippen LogP contribution in [0, 0.1) is 6.92 Å². The Labute approximate surface area is 126 Å². The van der Waals surface area contributed by atoms with Crippen LogP contribution >= 0.6 is 0 Å². The molecule has 3 heteroatoms.